The molecule has 0 spiro atoms. The van der Waals surface area contributed by atoms with Gasteiger partial charge in [0.05, 0.1) is 26.3 Å². The number of nitrogens with one attached hydrogen (secondary N) is 1. The summed E-state index contributed by atoms with van der Waals surface area (Å²) >= 11 is 0. The Labute approximate surface area is 142 Å². The fourth-order valence-corrected chi connectivity index (χ4v) is 4.72. The Morgan fingerprint density at radius 3 is 2.42 bits per heavy atom. The highest BCUT2D eigenvalue weighted by Crippen LogP contribution is 2.28. The van der Waals surface area contributed by atoms with Gasteiger partial charge in [0.15, 0.2) is 9.84 Å². The van der Waals surface area contributed by atoms with Crippen LogP contribution in [0, 0.1) is 12.7 Å². The summed E-state index contributed by atoms with van der Waals surface area (Å²) in [4.78, 5) is 3.96. The second-order valence-electron chi connectivity index (χ2n) is 5.68. The van der Waals surface area contributed by atoms with E-state index in [4.69, 9.17) is 0 Å². The third kappa shape index (κ3) is 3.27. The minimum absolute atomic E-state index is 0.215. The Bertz CT molecular complexity index is 1040. The van der Waals surface area contributed by atoms with E-state index in [2.05, 4.69) is 4.98 Å². The van der Waals surface area contributed by atoms with Crippen LogP contribution in [0.25, 0.3) is 10.9 Å². The molecule has 0 fully saturated rings. The average Bonchev–Trinajstić information content (AvgIpc) is 2.83. The summed E-state index contributed by atoms with van der Waals surface area (Å²) in [5, 5.41) is 0.736. The standard InChI is InChI=1S/C17H16FNO3S2/c1-11-17(23(20)10-12-3-5-13(18)6-4-12)15-8-7-14(24(2,21)22)9-16(15)19-11/h3-9,19H,10H2,1-2H3. The molecule has 0 aliphatic rings. The molecular formula is C17H16FNO3S2. The quantitative estimate of drug-likeness (QED) is 0.771. The van der Waals surface area contributed by atoms with E-state index < -0.39 is 20.6 Å². The molecule has 1 unspecified atom stereocenters. The van der Waals surface area contributed by atoms with Crippen molar-refractivity contribution in [1.82, 2.24) is 4.98 Å². The third-order valence-corrected chi connectivity index (χ3v) is 6.45. The molecule has 4 nitrogen and oxygen atoms in total. The number of hydrogen-bond donors (Lipinski definition) is 1. The van der Waals surface area contributed by atoms with Gasteiger partial charge in [0.2, 0.25) is 0 Å². The zero-order valence-electron chi connectivity index (χ0n) is 13.2. The van der Waals surface area contributed by atoms with Crippen molar-refractivity contribution < 1.29 is 17.0 Å². The van der Waals surface area contributed by atoms with Crippen molar-refractivity contribution in [2.24, 2.45) is 0 Å². The SMILES string of the molecule is Cc1[nH]c2cc(S(C)(=O)=O)ccc2c1S(=O)Cc1ccc(F)cc1. The van der Waals surface area contributed by atoms with Crippen LogP contribution in [0.4, 0.5) is 4.39 Å². The van der Waals surface area contributed by atoms with Crippen LogP contribution in [-0.4, -0.2) is 23.9 Å². The van der Waals surface area contributed by atoms with Crippen molar-refractivity contribution in [2.75, 3.05) is 6.26 Å². The molecule has 0 radical (unpaired) electrons. The maximum atomic E-state index is 13.0. The molecule has 126 valence electrons. The highest BCUT2D eigenvalue weighted by atomic mass is 32.2. The fourth-order valence-electron chi connectivity index (χ4n) is 2.61. The highest BCUT2D eigenvalue weighted by molar-refractivity contribution is 7.90. The predicted octanol–water partition coefficient (Wildman–Crippen LogP) is 3.33. The molecule has 3 rings (SSSR count). The van der Waals surface area contributed by atoms with Gasteiger partial charge in [-0.25, -0.2) is 12.8 Å². The van der Waals surface area contributed by atoms with Gasteiger partial charge < -0.3 is 4.98 Å². The molecule has 1 aromatic heterocycles. The minimum atomic E-state index is -3.30. The number of rotatable bonds is 4. The van der Waals surface area contributed by atoms with Gasteiger partial charge in [-0.1, -0.05) is 18.2 Å². The number of H-pyrrole nitrogens is 1. The largest absolute Gasteiger partial charge is 0.358 e. The smallest absolute Gasteiger partial charge is 0.175 e. The first kappa shape index (κ1) is 16.9. The number of aryl methyl sites for hydroxylation is 1. The van der Waals surface area contributed by atoms with Crippen LogP contribution >= 0.6 is 0 Å². The molecule has 0 saturated carbocycles. The predicted molar refractivity (Wildman–Crippen MR) is 92.7 cm³/mol. The summed E-state index contributed by atoms with van der Waals surface area (Å²) in [6.45, 7) is 1.80. The lowest BCUT2D eigenvalue weighted by molar-refractivity contribution is 0.602. The molecule has 0 aliphatic heterocycles. The molecule has 0 aliphatic carbocycles. The van der Waals surface area contributed by atoms with Gasteiger partial charge in [0.1, 0.15) is 5.82 Å². The highest BCUT2D eigenvalue weighted by Gasteiger charge is 2.17. The number of hydrogen-bond acceptors (Lipinski definition) is 3. The van der Waals surface area contributed by atoms with Gasteiger partial charge >= 0.3 is 0 Å². The number of fused-ring (bicyclic) bond motifs is 1. The molecule has 0 amide bonds. The second kappa shape index (κ2) is 6.14. The van der Waals surface area contributed by atoms with Crippen LogP contribution in [0.1, 0.15) is 11.3 Å². The molecule has 2 aromatic carbocycles. The van der Waals surface area contributed by atoms with Gasteiger partial charge in [-0.05, 0) is 36.8 Å². The van der Waals surface area contributed by atoms with Crippen molar-refractivity contribution in [3.8, 4) is 0 Å². The number of halogens is 1. The van der Waals surface area contributed by atoms with E-state index in [1.807, 2.05) is 0 Å². The number of benzene rings is 2. The van der Waals surface area contributed by atoms with E-state index in [0.717, 1.165) is 22.9 Å². The van der Waals surface area contributed by atoms with E-state index >= 15 is 0 Å². The Kier molecular flexibility index (Phi) is 4.31. The number of sulfone groups is 1. The summed E-state index contributed by atoms with van der Waals surface area (Å²) in [6, 6.07) is 10.6. The average molecular weight is 365 g/mol. The fraction of sp³-hybridized carbons (Fsp3) is 0.176. The molecule has 0 bridgehead atoms. The van der Waals surface area contributed by atoms with Gasteiger partial charge in [-0.2, -0.15) is 0 Å². The molecule has 0 saturated heterocycles. The molecule has 7 heteroatoms. The monoisotopic (exact) mass is 365 g/mol. The van der Waals surface area contributed by atoms with Crippen molar-refractivity contribution >= 4 is 31.5 Å². The Morgan fingerprint density at radius 2 is 1.79 bits per heavy atom. The molecule has 1 N–H and O–H groups in total. The summed E-state index contributed by atoms with van der Waals surface area (Å²) < 4.78 is 49.1. The zero-order valence-corrected chi connectivity index (χ0v) is 14.8. The maximum absolute atomic E-state index is 13.0. The van der Waals surface area contributed by atoms with E-state index in [-0.39, 0.29) is 16.5 Å². The number of aromatic nitrogens is 1. The maximum Gasteiger partial charge on any atom is 0.175 e. The molecule has 24 heavy (non-hydrogen) atoms. The lowest BCUT2D eigenvalue weighted by Crippen LogP contribution is -1.98. The van der Waals surface area contributed by atoms with Crippen LogP contribution in [0.2, 0.25) is 0 Å². The first-order valence-electron chi connectivity index (χ1n) is 7.21. The van der Waals surface area contributed by atoms with Crippen LogP contribution in [0.3, 0.4) is 0 Å². The van der Waals surface area contributed by atoms with E-state index in [0.29, 0.717) is 10.4 Å². The van der Waals surface area contributed by atoms with Crippen molar-refractivity contribution in [2.45, 2.75) is 22.5 Å². The minimum Gasteiger partial charge on any atom is -0.358 e. The van der Waals surface area contributed by atoms with Gasteiger partial charge in [-0.3, -0.25) is 4.21 Å². The van der Waals surface area contributed by atoms with E-state index in [9.17, 15) is 17.0 Å². The van der Waals surface area contributed by atoms with Crippen molar-refractivity contribution in [3.05, 3.63) is 59.5 Å². The van der Waals surface area contributed by atoms with Gasteiger partial charge in [0.25, 0.3) is 0 Å². The molecular weight excluding hydrogens is 349 g/mol. The Balaban J connectivity index is 2.01. The Hall–Kier alpha value is -1.99. The Morgan fingerprint density at radius 1 is 1.12 bits per heavy atom. The first-order chi connectivity index (χ1) is 11.3. The summed E-state index contributed by atoms with van der Waals surface area (Å²) in [6.07, 6.45) is 1.15. The van der Waals surface area contributed by atoms with Crippen LogP contribution in [0.15, 0.2) is 52.3 Å². The van der Waals surface area contributed by atoms with E-state index in [1.54, 1.807) is 31.2 Å². The van der Waals surface area contributed by atoms with Crippen LogP contribution in [-0.2, 0) is 26.4 Å². The zero-order chi connectivity index (χ0) is 17.5. The van der Waals surface area contributed by atoms with E-state index in [1.165, 1.54) is 18.2 Å². The summed E-state index contributed by atoms with van der Waals surface area (Å²) in [5.41, 5.74) is 2.14. The van der Waals surface area contributed by atoms with Crippen LogP contribution < -0.4 is 0 Å². The second-order valence-corrected chi connectivity index (χ2v) is 9.08. The van der Waals surface area contributed by atoms with Gasteiger partial charge in [-0.15, -0.1) is 0 Å². The van der Waals surface area contributed by atoms with Crippen molar-refractivity contribution in [1.29, 1.82) is 0 Å². The first-order valence-corrected chi connectivity index (χ1v) is 10.4. The van der Waals surface area contributed by atoms with Gasteiger partial charge in [0, 0.05) is 22.9 Å². The molecule has 1 heterocycles. The number of aromatic amines is 1. The van der Waals surface area contributed by atoms with Crippen LogP contribution in [0.5, 0.6) is 0 Å². The topological polar surface area (TPSA) is 67.0 Å². The summed E-state index contributed by atoms with van der Waals surface area (Å²) in [7, 11) is -4.63. The lowest BCUT2D eigenvalue weighted by Gasteiger charge is -2.04. The lowest BCUT2D eigenvalue weighted by atomic mass is 10.2. The van der Waals surface area contributed by atoms with Crippen molar-refractivity contribution in [3.63, 3.8) is 0 Å². The third-order valence-electron chi connectivity index (χ3n) is 3.77. The molecule has 1 atom stereocenters. The summed E-state index contributed by atoms with van der Waals surface area (Å²) in [5.74, 6) is -0.0665. The normalized spacial score (nSPS) is 13.3. The molecule has 3 aromatic rings.